The standard InChI is InChI=1S/C16H18ClN3O2/c1-10(2)15-18-16(22-19-15)13-6-7-14(21)20(13)9-11-4-3-5-12(17)8-11/h3-5,8,10,13H,6-7,9H2,1-2H3. The first-order valence-electron chi connectivity index (χ1n) is 7.42. The van der Waals surface area contributed by atoms with Crippen molar-refractivity contribution in [3.63, 3.8) is 0 Å². The van der Waals surface area contributed by atoms with E-state index in [2.05, 4.69) is 10.1 Å². The van der Waals surface area contributed by atoms with Gasteiger partial charge in [-0.3, -0.25) is 4.79 Å². The van der Waals surface area contributed by atoms with Crippen LogP contribution in [0.2, 0.25) is 5.02 Å². The van der Waals surface area contributed by atoms with Crippen LogP contribution in [0.1, 0.15) is 55.9 Å². The van der Waals surface area contributed by atoms with Gasteiger partial charge in [0.05, 0.1) is 0 Å². The SMILES string of the molecule is CC(C)c1noc(C2CCC(=O)N2Cc2cccc(Cl)c2)n1. The monoisotopic (exact) mass is 319 g/mol. The van der Waals surface area contributed by atoms with Crippen LogP contribution < -0.4 is 0 Å². The second-order valence-electron chi connectivity index (χ2n) is 5.85. The van der Waals surface area contributed by atoms with Gasteiger partial charge < -0.3 is 9.42 Å². The molecule has 3 rings (SSSR count). The molecule has 1 aromatic carbocycles. The molecule has 1 atom stereocenters. The molecular formula is C16H18ClN3O2. The number of rotatable bonds is 4. The van der Waals surface area contributed by atoms with Crippen LogP contribution in [-0.2, 0) is 11.3 Å². The Balaban J connectivity index is 1.82. The third kappa shape index (κ3) is 2.99. The van der Waals surface area contributed by atoms with Crippen LogP contribution in [0, 0.1) is 0 Å². The molecule has 116 valence electrons. The average molecular weight is 320 g/mol. The van der Waals surface area contributed by atoms with Gasteiger partial charge in [0.25, 0.3) is 0 Å². The number of nitrogens with zero attached hydrogens (tertiary/aromatic N) is 3. The van der Waals surface area contributed by atoms with Crippen molar-refractivity contribution >= 4 is 17.5 Å². The number of hydrogen-bond donors (Lipinski definition) is 0. The van der Waals surface area contributed by atoms with Crippen molar-refractivity contribution in [1.82, 2.24) is 15.0 Å². The van der Waals surface area contributed by atoms with Crippen LogP contribution in [-0.4, -0.2) is 20.9 Å². The van der Waals surface area contributed by atoms with E-state index in [1.807, 2.05) is 38.1 Å². The average Bonchev–Trinajstić information content (AvgIpc) is 3.07. The minimum atomic E-state index is -0.147. The van der Waals surface area contributed by atoms with Gasteiger partial charge in [-0.05, 0) is 24.1 Å². The largest absolute Gasteiger partial charge is 0.337 e. The first-order chi connectivity index (χ1) is 10.5. The van der Waals surface area contributed by atoms with E-state index in [0.717, 1.165) is 5.56 Å². The highest BCUT2D eigenvalue weighted by Crippen LogP contribution is 2.33. The van der Waals surface area contributed by atoms with Crippen molar-refractivity contribution in [2.45, 2.75) is 45.2 Å². The van der Waals surface area contributed by atoms with Crippen molar-refractivity contribution in [2.75, 3.05) is 0 Å². The lowest BCUT2D eigenvalue weighted by Crippen LogP contribution is -2.27. The number of carbonyl (C=O) groups is 1. The van der Waals surface area contributed by atoms with Crippen LogP contribution in [0.4, 0.5) is 0 Å². The lowest BCUT2D eigenvalue weighted by atomic mass is 10.1. The predicted octanol–water partition coefficient (Wildman–Crippen LogP) is 3.71. The number of likely N-dealkylation sites (tertiary alicyclic amines) is 1. The van der Waals surface area contributed by atoms with Gasteiger partial charge >= 0.3 is 0 Å². The number of amides is 1. The molecule has 5 nitrogen and oxygen atoms in total. The van der Waals surface area contributed by atoms with E-state index in [0.29, 0.717) is 36.1 Å². The van der Waals surface area contributed by atoms with Crippen LogP contribution in [0.3, 0.4) is 0 Å². The van der Waals surface area contributed by atoms with Gasteiger partial charge in [-0.15, -0.1) is 0 Å². The summed E-state index contributed by atoms with van der Waals surface area (Å²) in [5, 5.41) is 4.66. The molecule has 1 saturated heterocycles. The summed E-state index contributed by atoms with van der Waals surface area (Å²) >= 11 is 6.01. The minimum absolute atomic E-state index is 0.106. The summed E-state index contributed by atoms with van der Waals surface area (Å²) in [5.41, 5.74) is 0.997. The first kappa shape index (κ1) is 15.0. The topological polar surface area (TPSA) is 59.2 Å². The van der Waals surface area contributed by atoms with Gasteiger partial charge in [-0.1, -0.05) is 42.7 Å². The molecule has 1 aliphatic heterocycles. The van der Waals surface area contributed by atoms with Crippen molar-refractivity contribution in [2.24, 2.45) is 0 Å². The molecule has 0 aliphatic carbocycles. The highest BCUT2D eigenvalue weighted by atomic mass is 35.5. The normalized spacial score (nSPS) is 18.5. The Morgan fingerprint density at radius 2 is 2.27 bits per heavy atom. The van der Waals surface area contributed by atoms with Gasteiger partial charge in [-0.2, -0.15) is 4.98 Å². The maximum absolute atomic E-state index is 12.2. The van der Waals surface area contributed by atoms with Crippen LogP contribution >= 0.6 is 11.6 Å². The second kappa shape index (κ2) is 6.08. The highest BCUT2D eigenvalue weighted by Gasteiger charge is 2.36. The molecule has 1 amide bonds. The quantitative estimate of drug-likeness (QED) is 0.862. The number of aromatic nitrogens is 2. The Morgan fingerprint density at radius 1 is 1.45 bits per heavy atom. The fourth-order valence-electron chi connectivity index (χ4n) is 2.64. The van der Waals surface area contributed by atoms with Crippen molar-refractivity contribution in [3.8, 4) is 0 Å². The zero-order valence-electron chi connectivity index (χ0n) is 12.6. The maximum Gasteiger partial charge on any atom is 0.249 e. The first-order valence-corrected chi connectivity index (χ1v) is 7.80. The molecule has 0 bridgehead atoms. The highest BCUT2D eigenvalue weighted by molar-refractivity contribution is 6.30. The van der Waals surface area contributed by atoms with E-state index in [1.54, 1.807) is 4.90 Å². The molecule has 0 radical (unpaired) electrons. The number of hydrogen-bond acceptors (Lipinski definition) is 4. The Morgan fingerprint density at radius 3 is 2.95 bits per heavy atom. The van der Waals surface area contributed by atoms with Crippen molar-refractivity contribution in [3.05, 3.63) is 46.6 Å². The third-order valence-corrected chi connectivity index (χ3v) is 4.06. The van der Waals surface area contributed by atoms with E-state index >= 15 is 0 Å². The molecule has 0 spiro atoms. The molecule has 6 heteroatoms. The summed E-state index contributed by atoms with van der Waals surface area (Å²) in [6.45, 7) is 4.53. The van der Waals surface area contributed by atoms with Crippen molar-refractivity contribution < 1.29 is 9.32 Å². The molecule has 22 heavy (non-hydrogen) atoms. The summed E-state index contributed by atoms with van der Waals surface area (Å²) in [6.07, 6.45) is 1.21. The smallest absolute Gasteiger partial charge is 0.249 e. The van der Waals surface area contributed by atoms with Gasteiger partial charge in [-0.25, -0.2) is 0 Å². The van der Waals surface area contributed by atoms with Gasteiger partial charge in [0.15, 0.2) is 5.82 Å². The number of halogens is 1. The van der Waals surface area contributed by atoms with Gasteiger partial charge in [0.2, 0.25) is 11.8 Å². The summed E-state index contributed by atoms with van der Waals surface area (Å²) in [6, 6.07) is 7.39. The summed E-state index contributed by atoms with van der Waals surface area (Å²) in [5.74, 6) is 1.51. The molecule has 1 aromatic heterocycles. The molecule has 2 heterocycles. The van der Waals surface area contributed by atoms with Gasteiger partial charge in [0, 0.05) is 23.9 Å². The second-order valence-corrected chi connectivity index (χ2v) is 6.29. The fraction of sp³-hybridized carbons (Fsp3) is 0.438. The van der Waals surface area contributed by atoms with E-state index in [1.165, 1.54) is 0 Å². The van der Waals surface area contributed by atoms with Crippen LogP contribution in [0.15, 0.2) is 28.8 Å². The third-order valence-electron chi connectivity index (χ3n) is 3.83. The molecule has 0 saturated carbocycles. The Bertz CT molecular complexity index is 684. The summed E-state index contributed by atoms with van der Waals surface area (Å²) in [4.78, 5) is 18.4. The van der Waals surface area contributed by atoms with E-state index in [-0.39, 0.29) is 17.9 Å². The Labute approximate surface area is 134 Å². The number of benzene rings is 1. The molecule has 2 aromatic rings. The number of carbonyl (C=O) groups excluding carboxylic acids is 1. The molecule has 0 N–H and O–H groups in total. The lowest BCUT2D eigenvalue weighted by molar-refractivity contribution is -0.129. The molecule has 1 fully saturated rings. The summed E-state index contributed by atoms with van der Waals surface area (Å²) in [7, 11) is 0. The van der Waals surface area contributed by atoms with E-state index < -0.39 is 0 Å². The van der Waals surface area contributed by atoms with E-state index in [4.69, 9.17) is 16.1 Å². The lowest BCUT2D eigenvalue weighted by Gasteiger charge is -2.22. The maximum atomic E-state index is 12.2. The van der Waals surface area contributed by atoms with Crippen LogP contribution in [0.25, 0.3) is 0 Å². The molecule has 1 unspecified atom stereocenters. The zero-order valence-corrected chi connectivity index (χ0v) is 13.4. The fourth-order valence-corrected chi connectivity index (χ4v) is 2.85. The van der Waals surface area contributed by atoms with E-state index in [9.17, 15) is 4.79 Å². The zero-order chi connectivity index (χ0) is 15.7. The Kier molecular flexibility index (Phi) is 4.16. The minimum Gasteiger partial charge on any atom is -0.337 e. The Hall–Kier alpha value is -1.88. The summed E-state index contributed by atoms with van der Waals surface area (Å²) < 4.78 is 5.37. The molecule has 1 aliphatic rings. The molecular weight excluding hydrogens is 302 g/mol. The predicted molar refractivity (Wildman–Crippen MR) is 82.4 cm³/mol. The van der Waals surface area contributed by atoms with Crippen LogP contribution in [0.5, 0.6) is 0 Å². The van der Waals surface area contributed by atoms with Crippen molar-refractivity contribution in [1.29, 1.82) is 0 Å². The van der Waals surface area contributed by atoms with Gasteiger partial charge in [0.1, 0.15) is 6.04 Å².